The topological polar surface area (TPSA) is 52.6 Å². The van der Waals surface area contributed by atoms with Crippen LogP contribution >= 0.6 is 0 Å². The number of nitrogens with zero attached hydrogens (tertiary/aromatic N) is 5. The average Bonchev–Trinajstić information content (AvgIpc) is 3.13. The molecule has 2 saturated heterocycles. The molecule has 0 unspecified atom stereocenters. The van der Waals surface area contributed by atoms with E-state index in [2.05, 4.69) is 19.8 Å². The number of carbonyl (C=O) groups excluding carboxylic acids is 1. The van der Waals surface area contributed by atoms with Crippen LogP contribution in [0.25, 0.3) is 0 Å². The predicted octanol–water partition coefficient (Wildman–Crippen LogP) is 1.25. The summed E-state index contributed by atoms with van der Waals surface area (Å²) in [6.07, 6.45) is 9.63. The third kappa shape index (κ3) is 4.19. The second-order valence-corrected chi connectivity index (χ2v) is 6.63. The van der Waals surface area contributed by atoms with Crippen molar-refractivity contribution in [1.29, 1.82) is 0 Å². The minimum Gasteiger partial charge on any atom is -0.355 e. The molecule has 0 saturated carbocycles. The molecule has 23 heavy (non-hydrogen) atoms. The van der Waals surface area contributed by atoms with Gasteiger partial charge in [-0.3, -0.25) is 9.78 Å². The lowest BCUT2D eigenvalue weighted by Crippen LogP contribution is -2.43. The van der Waals surface area contributed by atoms with E-state index in [9.17, 15) is 4.79 Å². The molecule has 6 nitrogen and oxygen atoms in total. The highest BCUT2D eigenvalue weighted by atomic mass is 16.2. The smallest absolute Gasteiger partial charge is 0.225 e. The van der Waals surface area contributed by atoms with E-state index < -0.39 is 0 Å². The van der Waals surface area contributed by atoms with E-state index in [4.69, 9.17) is 0 Å². The Kier molecular flexibility index (Phi) is 5.43. The van der Waals surface area contributed by atoms with Crippen LogP contribution in [0.15, 0.2) is 18.6 Å². The first-order valence-corrected chi connectivity index (χ1v) is 8.72. The molecular formula is C17H27N5O. The van der Waals surface area contributed by atoms with Crippen LogP contribution in [0, 0.1) is 5.92 Å². The van der Waals surface area contributed by atoms with Crippen LogP contribution in [0.3, 0.4) is 0 Å². The zero-order valence-corrected chi connectivity index (χ0v) is 14.0. The molecule has 3 heterocycles. The zero-order chi connectivity index (χ0) is 16.1. The summed E-state index contributed by atoms with van der Waals surface area (Å²) < 4.78 is 0. The van der Waals surface area contributed by atoms with E-state index in [1.54, 1.807) is 18.6 Å². The summed E-state index contributed by atoms with van der Waals surface area (Å²) in [5, 5.41) is 0. The third-order valence-corrected chi connectivity index (χ3v) is 5.04. The largest absolute Gasteiger partial charge is 0.355 e. The number of anilines is 1. The summed E-state index contributed by atoms with van der Waals surface area (Å²) in [4.78, 5) is 27.7. The summed E-state index contributed by atoms with van der Waals surface area (Å²) in [5.41, 5.74) is 0. The lowest BCUT2D eigenvalue weighted by atomic mass is 9.95. The molecule has 1 aromatic rings. The molecule has 2 aliphatic rings. The molecule has 2 aliphatic heterocycles. The van der Waals surface area contributed by atoms with Crippen LogP contribution in [0.1, 0.15) is 25.7 Å². The van der Waals surface area contributed by atoms with Crippen molar-refractivity contribution in [3.8, 4) is 0 Å². The van der Waals surface area contributed by atoms with Crippen molar-refractivity contribution in [2.75, 3.05) is 51.2 Å². The predicted molar refractivity (Wildman–Crippen MR) is 90.3 cm³/mol. The number of likely N-dealkylation sites (N-methyl/N-ethyl adjacent to an activating group) is 1. The number of aromatic nitrogens is 2. The maximum Gasteiger partial charge on any atom is 0.225 e. The molecule has 1 amide bonds. The van der Waals surface area contributed by atoms with Crippen LogP contribution in [0.2, 0.25) is 0 Å². The Labute approximate surface area is 138 Å². The molecule has 2 fully saturated rings. The van der Waals surface area contributed by atoms with Gasteiger partial charge in [-0.1, -0.05) is 0 Å². The number of amides is 1. The highest BCUT2D eigenvalue weighted by Crippen LogP contribution is 2.22. The minimum absolute atomic E-state index is 0.159. The van der Waals surface area contributed by atoms with E-state index in [1.165, 1.54) is 25.9 Å². The lowest BCUT2D eigenvalue weighted by Gasteiger charge is -2.34. The van der Waals surface area contributed by atoms with Gasteiger partial charge < -0.3 is 14.7 Å². The Bertz CT molecular complexity index is 495. The van der Waals surface area contributed by atoms with Gasteiger partial charge in [0.05, 0.1) is 6.20 Å². The number of likely N-dealkylation sites (tertiary alicyclic amines) is 1. The number of hydrogen-bond donors (Lipinski definition) is 0. The van der Waals surface area contributed by atoms with Gasteiger partial charge in [-0.2, -0.15) is 0 Å². The Morgan fingerprint density at radius 3 is 2.61 bits per heavy atom. The number of piperidine rings is 1. The van der Waals surface area contributed by atoms with Crippen molar-refractivity contribution in [3.05, 3.63) is 18.6 Å². The van der Waals surface area contributed by atoms with Crippen molar-refractivity contribution in [2.45, 2.75) is 25.7 Å². The van der Waals surface area contributed by atoms with E-state index >= 15 is 0 Å². The standard InChI is InChI=1S/C17H27N5O/c1-20(12-13-21-8-2-3-9-21)17(23)15-4-10-22(11-5-15)16-14-18-6-7-19-16/h6-7,14-15H,2-5,8-13H2,1H3. The summed E-state index contributed by atoms with van der Waals surface area (Å²) in [5.74, 6) is 1.38. The molecule has 126 valence electrons. The zero-order valence-electron chi connectivity index (χ0n) is 14.0. The molecule has 0 aromatic carbocycles. The van der Waals surface area contributed by atoms with Gasteiger partial charge in [-0.15, -0.1) is 0 Å². The summed E-state index contributed by atoms with van der Waals surface area (Å²) >= 11 is 0. The molecule has 6 heteroatoms. The van der Waals surface area contributed by atoms with Crippen LogP contribution in [-0.4, -0.2) is 72.0 Å². The van der Waals surface area contributed by atoms with Crippen LogP contribution in [0.4, 0.5) is 5.82 Å². The summed E-state index contributed by atoms with van der Waals surface area (Å²) in [6.45, 7) is 6.02. The van der Waals surface area contributed by atoms with Gasteiger partial charge in [0.1, 0.15) is 5.82 Å². The molecule has 0 bridgehead atoms. The van der Waals surface area contributed by atoms with Crippen molar-refractivity contribution in [2.24, 2.45) is 5.92 Å². The van der Waals surface area contributed by atoms with Gasteiger partial charge in [0.25, 0.3) is 0 Å². The highest BCUT2D eigenvalue weighted by molar-refractivity contribution is 5.78. The maximum absolute atomic E-state index is 12.6. The molecular weight excluding hydrogens is 290 g/mol. The molecule has 1 aromatic heterocycles. The first-order valence-electron chi connectivity index (χ1n) is 8.72. The lowest BCUT2D eigenvalue weighted by molar-refractivity contribution is -0.135. The van der Waals surface area contributed by atoms with Gasteiger partial charge >= 0.3 is 0 Å². The van der Waals surface area contributed by atoms with E-state index in [-0.39, 0.29) is 5.92 Å². The summed E-state index contributed by atoms with van der Waals surface area (Å²) in [6, 6.07) is 0. The Hall–Kier alpha value is -1.69. The quantitative estimate of drug-likeness (QED) is 0.818. The van der Waals surface area contributed by atoms with E-state index in [0.717, 1.165) is 44.8 Å². The molecule has 0 N–H and O–H groups in total. The van der Waals surface area contributed by atoms with Crippen LogP contribution in [0.5, 0.6) is 0 Å². The van der Waals surface area contributed by atoms with Crippen LogP contribution in [-0.2, 0) is 4.79 Å². The maximum atomic E-state index is 12.6. The fraction of sp³-hybridized carbons (Fsp3) is 0.706. The molecule has 0 radical (unpaired) electrons. The average molecular weight is 317 g/mol. The molecule has 3 rings (SSSR count). The van der Waals surface area contributed by atoms with E-state index in [0.29, 0.717) is 5.91 Å². The van der Waals surface area contributed by atoms with Gasteiger partial charge in [-0.05, 0) is 38.8 Å². The monoisotopic (exact) mass is 317 g/mol. The summed E-state index contributed by atoms with van der Waals surface area (Å²) in [7, 11) is 1.95. The highest BCUT2D eigenvalue weighted by Gasteiger charge is 2.28. The van der Waals surface area contributed by atoms with Crippen molar-refractivity contribution < 1.29 is 4.79 Å². The minimum atomic E-state index is 0.159. The SMILES string of the molecule is CN(CCN1CCCC1)C(=O)C1CCN(c2cnccn2)CC1. The van der Waals surface area contributed by atoms with Gasteiger partial charge in [0, 0.05) is 51.5 Å². The fourth-order valence-corrected chi connectivity index (χ4v) is 3.53. The second kappa shape index (κ2) is 7.73. The van der Waals surface area contributed by atoms with Crippen LogP contribution < -0.4 is 4.90 Å². The molecule has 0 atom stereocenters. The Morgan fingerprint density at radius 2 is 1.96 bits per heavy atom. The number of carbonyl (C=O) groups is 1. The van der Waals surface area contributed by atoms with Gasteiger partial charge in [0.15, 0.2) is 0 Å². The second-order valence-electron chi connectivity index (χ2n) is 6.63. The van der Waals surface area contributed by atoms with E-state index in [1.807, 2.05) is 11.9 Å². The third-order valence-electron chi connectivity index (χ3n) is 5.04. The first kappa shape index (κ1) is 16.2. The Balaban J connectivity index is 1.44. The molecule has 0 spiro atoms. The van der Waals surface area contributed by atoms with Crippen molar-refractivity contribution in [3.63, 3.8) is 0 Å². The first-order chi connectivity index (χ1) is 11.2. The molecule has 0 aliphatic carbocycles. The van der Waals surface area contributed by atoms with Crippen molar-refractivity contribution >= 4 is 11.7 Å². The van der Waals surface area contributed by atoms with Gasteiger partial charge in [-0.25, -0.2) is 4.98 Å². The number of rotatable bonds is 5. The Morgan fingerprint density at radius 1 is 1.22 bits per heavy atom. The normalized spacial score (nSPS) is 20.0. The van der Waals surface area contributed by atoms with Crippen molar-refractivity contribution in [1.82, 2.24) is 19.8 Å². The number of hydrogen-bond acceptors (Lipinski definition) is 5. The van der Waals surface area contributed by atoms with Gasteiger partial charge in [0.2, 0.25) is 5.91 Å². The fourth-order valence-electron chi connectivity index (χ4n) is 3.53.